The molecule has 6 nitrogen and oxygen atoms in total. The molecule has 1 aliphatic carbocycles. The summed E-state index contributed by atoms with van der Waals surface area (Å²) in [4.78, 5) is 16.1. The lowest BCUT2D eigenvalue weighted by atomic mass is 9.89. The number of guanidine groups is 1. The molecule has 0 spiro atoms. The van der Waals surface area contributed by atoms with Crippen LogP contribution in [0.15, 0.2) is 4.99 Å². The van der Waals surface area contributed by atoms with Gasteiger partial charge in [-0.15, -0.1) is 0 Å². The van der Waals surface area contributed by atoms with E-state index in [1.807, 2.05) is 6.92 Å². The van der Waals surface area contributed by atoms with Crippen LogP contribution in [0.4, 0.5) is 0 Å². The maximum atomic E-state index is 12.0. The van der Waals surface area contributed by atoms with Crippen LogP contribution >= 0.6 is 0 Å². The number of aliphatic imine (C=N–C) groups is 1. The first-order chi connectivity index (χ1) is 10.3. The Balaban J connectivity index is 2.07. The standard InChI is InChI=1S/C15H30N4O2/c1-3-21-12-11-19-15(16-2)18-10-9-17-14(20)13-7-5-4-6-8-13/h13H,3-12H2,1-2H3,(H,17,20)(H2,16,18,19). The first-order valence-electron chi connectivity index (χ1n) is 8.08. The van der Waals surface area contributed by atoms with E-state index in [0.29, 0.717) is 19.7 Å². The van der Waals surface area contributed by atoms with Crippen LogP contribution in [0.1, 0.15) is 39.0 Å². The van der Waals surface area contributed by atoms with E-state index in [1.165, 1.54) is 19.3 Å². The second-order valence-electron chi connectivity index (χ2n) is 5.25. The minimum atomic E-state index is 0.204. The van der Waals surface area contributed by atoms with Crippen molar-refractivity contribution in [1.82, 2.24) is 16.0 Å². The summed E-state index contributed by atoms with van der Waals surface area (Å²) in [5, 5.41) is 9.33. The third-order valence-electron chi connectivity index (χ3n) is 3.66. The van der Waals surface area contributed by atoms with E-state index in [9.17, 15) is 4.79 Å². The summed E-state index contributed by atoms with van der Waals surface area (Å²) in [7, 11) is 1.73. The van der Waals surface area contributed by atoms with Crippen molar-refractivity contribution in [2.45, 2.75) is 39.0 Å². The molecule has 1 amide bonds. The molecular formula is C15H30N4O2. The first-order valence-corrected chi connectivity index (χ1v) is 8.08. The molecule has 0 aromatic rings. The molecule has 122 valence electrons. The van der Waals surface area contributed by atoms with Crippen LogP contribution in [-0.4, -0.2) is 51.8 Å². The zero-order valence-corrected chi connectivity index (χ0v) is 13.4. The average molecular weight is 298 g/mol. The minimum absolute atomic E-state index is 0.204. The molecule has 0 aromatic carbocycles. The van der Waals surface area contributed by atoms with Gasteiger partial charge in [0.25, 0.3) is 0 Å². The summed E-state index contributed by atoms with van der Waals surface area (Å²) < 4.78 is 5.25. The second-order valence-corrected chi connectivity index (χ2v) is 5.25. The van der Waals surface area contributed by atoms with Gasteiger partial charge in [0.05, 0.1) is 6.61 Å². The molecule has 6 heteroatoms. The van der Waals surface area contributed by atoms with Gasteiger partial charge < -0.3 is 20.7 Å². The Bertz CT molecular complexity index is 315. The summed E-state index contributed by atoms with van der Waals surface area (Å²) in [5.74, 6) is 1.17. The topological polar surface area (TPSA) is 74.8 Å². The molecule has 1 aliphatic rings. The molecular weight excluding hydrogens is 268 g/mol. The highest BCUT2D eigenvalue weighted by atomic mass is 16.5. The Labute approximate surface area is 128 Å². The van der Waals surface area contributed by atoms with Gasteiger partial charge in [-0.25, -0.2) is 0 Å². The smallest absolute Gasteiger partial charge is 0.223 e. The fourth-order valence-electron chi connectivity index (χ4n) is 2.48. The second kappa shape index (κ2) is 11.4. The van der Waals surface area contributed by atoms with E-state index in [4.69, 9.17) is 4.74 Å². The maximum Gasteiger partial charge on any atom is 0.223 e. The van der Waals surface area contributed by atoms with Crippen molar-refractivity contribution in [1.29, 1.82) is 0 Å². The van der Waals surface area contributed by atoms with Gasteiger partial charge in [-0.05, 0) is 19.8 Å². The predicted octanol–water partition coefficient (Wildman–Crippen LogP) is 0.884. The molecule has 3 N–H and O–H groups in total. The molecule has 1 saturated carbocycles. The largest absolute Gasteiger partial charge is 0.380 e. The van der Waals surface area contributed by atoms with E-state index in [1.54, 1.807) is 7.05 Å². The zero-order valence-electron chi connectivity index (χ0n) is 13.4. The highest BCUT2D eigenvalue weighted by Crippen LogP contribution is 2.23. The van der Waals surface area contributed by atoms with Crippen molar-refractivity contribution in [3.05, 3.63) is 0 Å². The minimum Gasteiger partial charge on any atom is -0.380 e. The number of rotatable bonds is 8. The SMILES string of the molecule is CCOCCNC(=NC)NCCNC(=O)C1CCCCC1. The highest BCUT2D eigenvalue weighted by molar-refractivity contribution is 5.80. The van der Waals surface area contributed by atoms with E-state index in [2.05, 4.69) is 20.9 Å². The fourth-order valence-corrected chi connectivity index (χ4v) is 2.48. The van der Waals surface area contributed by atoms with E-state index < -0.39 is 0 Å². The average Bonchev–Trinajstić information content (AvgIpc) is 2.54. The van der Waals surface area contributed by atoms with E-state index >= 15 is 0 Å². The molecule has 1 rings (SSSR count). The number of carbonyl (C=O) groups is 1. The number of hydrogen-bond acceptors (Lipinski definition) is 3. The number of amides is 1. The summed E-state index contributed by atoms with van der Waals surface area (Å²) in [6.45, 7) is 5.38. The van der Waals surface area contributed by atoms with Crippen molar-refractivity contribution in [2.75, 3.05) is 39.9 Å². The Kier molecular flexibility index (Phi) is 9.61. The van der Waals surface area contributed by atoms with Crippen molar-refractivity contribution in [3.8, 4) is 0 Å². The van der Waals surface area contributed by atoms with Crippen LogP contribution in [0, 0.1) is 5.92 Å². The Morgan fingerprint density at radius 1 is 1.10 bits per heavy atom. The van der Waals surface area contributed by atoms with Gasteiger partial charge in [0.1, 0.15) is 0 Å². The Morgan fingerprint density at radius 3 is 2.43 bits per heavy atom. The lowest BCUT2D eigenvalue weighted by Crippen LogP contribution is -2.43. The van der Waals surface area contributed by atoms with Gasteiger partial charge in [0.2, 0.25) is 5.91 Å². The third-order valence-corrected chi connectivity index (χ3v) is 3.66. The van der Waals surface area contributed by atoms with Gasteiger partial charge in [-0.3, -0.25) is 9.79 Å². The van der Waals surface area contributed by atoms with Gasteiger partial charge in [0.15, 0.2) is 5.96 Å². The summed E-state index contributed by atoms with van der Waals surface area (Å²) in [5.41, 5.74) is 0. The van der Waals surface area contributed by atoms with Gasteiger partial charge >= 0.3 is 0 Å². The number of ether oxygens (including phenoxy) is 1. The number of nitrogens with one attached hydrogen (secondary N) is 3. The van der Waals surface area contributed by atoms with Crippen molar-refractivity contribution in [2.24, 2.45) is 10.9 Å². The van der Waals surface area contributed by atoms with Gasteiger partial charge in [-0.1, -0.05) is 19.3 Å². The number of nitrogens with zero attached hydrogens (tertiary/aromatic N) is 1. The van der Waals surface area contributed by atoms with Crippen LogP contribution in [0.25, 0.3) is 0 Å². The summed E-state index contributed by atoms with van der Waals surface area (Å²) in [6.07, 6.45) is 5.73. The van der Waals surface area contributed by atoms with Crippen molar-refractivity contribution in [3.63, 3.8) is 0 Å². The van der Waals surface area contributed by atoms with E-state index in [-0.39, 0.29) is 11.8 Å². The molecule has 21 heavy (non-hydrogen) atoms. The molecule has 0 saturated heterocycles. The van der Waals surface area contributed by atoms with E-state index in [0.717, 1.165) is 32.0 Å². The zero-order chi connectivity index (χ0) is 15.3. The van der Waals surface area contributed by atoms with Crippen LogP contribution in [0.2, 0.25) is 0 Å². The molecule has 1 fully saturated rings. The normalized spacial score (nSPS) is 16.6. The number of hydrogen-bond donors (Lipinski definition) is 3. The molecule has 0 radical (unpaired) electrons. The lowest BCUT2D eigenvalue weighted by molar-refractivity contribution is -0.125. The van der Waals surface area contributed by atoms with Crippen molar-refractivity contribution < 1.29 is 9.53 Å². The van der Waals surface area contributed by atoms with Gasteiger partial charge in [-0.2, -0.15) is 0 Å². The first kappa shape index (κ1) is 17.8. The maximum absolute atomic E-state index is 12.0. The third kappa shape index (κ3) is 7.90. The molecule has 0 aliphatic heterocycles. The summed E-state index contributed by atoms with van der Waals surface area (Å²) >= 11 is 0. The lowest BCUT2D eigenvalue weighted by Gasteiger charge is -2.21. The number of carbonyl (C=O) groups excluding carboxylic acids is 1. The van der Waals surface area contributed by atoms with Crippen molar-refractivity contribution >= 4 is 11.9 Å². The molecule has 0 heterocycles. The molecule has 0 bridgehead atoms. The summed E-state index contributed by atoms with van der Waals surface area (Å²) in [6, 6.07) is 0. The monoisotopic (exact) mass is 298 g/mol. The molecule has 0 aromatic heterocycles. The van der Waals surface area contributed by atoms with Crippen LogP contribution in [-0.2, 0) is 9.53 Å². The predicted molar refractivity (Wildman–Crippen MR) is 85.4 cm³/mol. The molecule has 0 atom stereocenters. The Morgan fingerprint density at radius 2 is 1.76 bits per heavy atom. The van der Waals surface area contributed by atoms with Crippen LogP contribution in [0.3, 0.4) is 0 Å². The Hall–Kier alpha value is -1.30. The fraction of sp³-hybridized carbons (Fsp3) is 0.867. The van der Waals surface area contributed by atoms with Crippen LogP contribution < -0.4 is 16.0 Å². The molecule has 0 unspecified atom stereocenters. The van der Waals surface area contributed by atoms with Crippen LogP contribution in [0.5, 0.6) is 0 Å². The quantitative estimate of drug-likeness (QED) is 0.353. The van der Waals surface area contributed by atoms with Gasteiger partial charge in [0, 0.05) is 39.2 Å². The highest BCUT2D eigenvalue weighted by Gasteiger charge is 2.20.